The molecule has 154 valence electrons. The second kappa shape index (κ2) is 15.1. The van der Waals surface area contributed by atoms with Crippen molar-refractivity contribution in [2.45, 2.75) is 57.8 Å². The molecule has 2 rings (SSSR count). The Morgan fingerprint density at radius 3 is 2.89 bits per heavy atom. The quantitative estimate of drug-likeness (QED) is 0.0912. The molecule has 0 atom stereocenters. The Labute approximate surface area is 172 Å². The van der Waals surface area contributed by atoms with E-state index in [2.05, 4.69) is 25.5 Å². The highest BCUT2D eigenvalue weighted by Gasteiger charge is 2.13. The van der Waals surface area contributed by atoms with Gasteiger partial charge >= 0.3 is 0 Å². The highest BCUT2D eigenvalue weighted by Crippen LogP contribution is 2.23. The highest BCUT2D eigenvalue weighted by atomic mass is 32.2. The van der Waals surface area contributed by atoms with Crippen molar-refractivity contribution in [2.24, 2.45) is 10.9 Å². The molecule has 0 bridgehead atoms. The standard InChI is InChI=1S/C20H32N6OS/c21-17-24-20(25-19-11-8-12-22-15-19)23-13-6-1-2-7-14-28-26-27-16-18-9-4-3-5-10-18/h8,11-12,15,18,26H,1-7,9-10,13-14,16H2,(H2,23,24,25). The van der Waals surface area contributed by atoms with Crippen LogP contribution in [0.2, 0.25) is 0 Å². The summed E-state index contributed by atoms with van der Waals surface area (Å²) in [4.78, 5) is 17.0. The predicted octanol–water partition coefficient (Wildman–Crippen LogP) is 4.23. The van der Waals surface area contributed by atoms with Crippen molar-refractivity contribution >= 4 is 23.6 Å². The molecule has 1 fully saturated rings. The molecule has 1 aliphatic rings. The first-order valence-electron chi connectivity index (χ1n) is 10.2. The number of pyridine rings is 1. The first-order valence-corrected chi connectivity index (χ1v) is 11.2. The summed E-state index contributed by atoms with van der Waals surface area (Å²) in [5.74, 6) is 2.26. The van der Waals surface area contributed by atoms with E-state index in [1.807, 2.05) is 18.3 Å². The van der Waals surface area contributed by atoms with Gasteiger partial charge in [0, 0.05) is 18.5 Å². The Balaban J connectivity index is 1.44. The fourth-order valence-electron chi connectivity index (χ4n) is 3.16. The fourth-order valence-corrected chi connectivity index (χ4v) is 3.74. The molecule has 0 radical (unpaired) electrons. The average Bonchev–Trinajstić information content (AvgIpc) is 2.73. The Hall–Kier alpha value is -1.82. The Bertz CT molecular complexity index is 586. The number of hydrogen-bond acceptors (Lipinski definition) is 6. The van der Waals surface area contributed by atoms with Crippen molar-refractivity contribution in [1.29, 1.82) is 5.26 Å². The molecule has 7 nitrogen and oxygen atoms in total. The fraction of sp³-hybridized carbons (Fsp3) is 0.650. The third-order valence-corrected chi connectivity index (χ3v) is 5.41. The van der Waals surface area contributed by atoms with Crippen LogP contribution in [0.25, 0.3) is 0 Å². The number of aliphatic imine (C=N–C) groups is 1. The smallest absolute Gasteiger partial charge is 0.209 e. The van der Waals surface area contributed by atoms with Gasteiger partial charge in [0.05, 0.1) is 18.5 Å². The number of hydrogen-bond donors (Lipinski definition) is 3. The molecule has 0 saturated heterocycles. The van der Waals surface area contributed by atoms with E-state index in [0.717, 1.165) is 43.2 Å². The zero-order valence-electron chi connectivity index (χ0n) is 16.5. The molecular formula is C20H32N6OS. The summed E-state index contributed by atoms with van der Waals surface area (Å²) in [5, 5.41) is 14.5. The maximum atomic E-state index is 8.83. The number of nitrogens with one attached hydrogen (secondary N) is 3. The van der Waals surface area contributed by atoms with Crippen molar-refractivity contribution in [3.8, 4) is 6.19 Å². The van der Waals surface area contributed by atoms with Gasteiger partial charge in [-0.15, -0.1) is 4.89 Å². The topological polar surface area (TPSA) is 94.4 Å². The molecule has 1 heterocycles. The molecule has 1 aliphatic carbocycles. The lowest BCUT2D eigenvalue weighted by Gasteiger charge is -2.20. The van der Waals surface area contributed by atoms with Crippen molar-refractivity contribution in [1.82, 2.24) is 15.2 Å². The third-order valence-electron chi connectivity index (χ3n) is 4.68. The van der Waals surface area contributed by atoms with E-state index in [1.165, 1.54) is 38.5 Å². The van der Waals surface area contributed by atoms with Crippen LogP contribution < -0.4 is 15.5 Å². The van der Waals surface area contributed by atoms with Gasteiger partial charge in [-0.05, 0) is 43.7 Å². The lowest BCUT2D eigenvalue weighted by Crippen LogP contribution is -2.27. The minimum Gasteiger partial charge on any atom is -0.324 e. The number of guanidine groups is 1. The largest absolute Gasteiger partial charge is 0.324 e. The molecule has 1 aromatic heterocycles. The van der Waals surface area contributed by atoms with Gasteiger partial charge < -0.3 is 5.32 Å². The van der Waals surface area contributed by atoms with Crippen LogP contribution >= 0.6 is 11.9 Å². The van der Waals surface area contributed by atoms with Crippen molar-refractivity contribution < 1.29 is 4.84 Å². The first kappa shape index (κ1) is 22.5. The van der Waals surface area contributed by atoms with Gasteiger partial charge in [0.2, 0.25) is 5.96 Å². The number of nitriles is 1. The van der Waals surface area contributed by atoms with Gasteiger partial charge in [0.15, 0.2) is 6.19 Å². The zero-order chi connectivity index (χ0) is 19.7. The molecular weight excluding hydrogens is 372 g/mol. The van der Waals surface area contributed by atoms with Crippen LogP contribution in [0.3, 0.4) is 0 Å². The zero-order valence-corrected chi connectivity index (χ0v) is 17.3. The number of anilines is 1. The van der Waals surface area contributed by atoms with Gasteiger partial charge in [-0.1, -0.05) is 44.1 Å². The molecule has 1 aromatic rings. The minimum absolute atomic E-state index is 0.463. The molecule has 8 heteroatoms. The van der Waals surface area contributed by atoms with Crippen LogP contribution in [0, 0.1) is 17.4 Å². The second-order valence-electron chi connectivity index (χ2n) is 6.99. The summed E-state index contributed by atoms with van der Waals surface area (Å²) < 4.78 is 0. The van der Waals surface area contributed by atoms with Crippen LogP contribution in [0.15, 0.2) is 29.5 Å². The molecule has 0 aromatic carbocycles. The van der Waals surface area contributed by atoms with Gasteiger partial charge in [-0.2, -0.15) is 5.26 Å². The number of aromatic nitrogens is 1. The molecule has 0 spiro atoms. The Morgan fingerprint density at radius 2 is 2.11 bits per heavy atom. The van der Waals surface area contributed by atoms with E-state index >= 15 is 0 Å². The third kappa shape index (κ3) is 10.5. The van der Waals surface area contributed by atoms with Crippen LogP contribution in [0.4, 0.5) is 5.69 Å². The summed E-state index contributed by atoms with van der Waals surface area (Å²) in [6.45, 7) is 1.53. The summed E-state index contributed by atoms with van der Waals surface area (Å²) in [5.41, 5.74) is 0.805. The minimum atomic E-state index is 0.463. The maximum Gasteiger partial charge on any atom is 0.209 e. The maximum absolute atomic E-state index is 8.83. The summed E-state index contributed by atoms with van der Waals surface area (Å²) in [6, 6.07) is 3.71. The highest BCUT2D eigenvalue weighted by molar-refractivity contribution is 7.97. The molecule has 1 saturated carbocycles. The van der Waals surface area contributed by atoms with Crippen molar-refractivity contribution in [3.05, 3.63) is 24.5 Å². The lowest BCUT2D eigenvalue weighted by atomic mass is 9.90. The van der Waals surface area contributed by atoms with E-state index in [4.69, 9.17) is 10.1 Å². The van der Waals surface area contributed by atoms with Gasteiger partial charge in [0.1, 0.15) is 0 Å². The van der Waals surface area contributed by atoms with Crippen LogP contribution in [-0.4, -0.2) is 29.8 Å². The van der Waals surface area contributed by atoms with Gasteiger partial charge in [0.25, 0.3) is 0 Å². The molecule has 3 N–H and O–H groups in total. The van der Waals surface area contributed by atoms with Gasteiger partial charge in [-0.3, -0.25) is 20.1 Å². The average molecular weight is 405 g/mol. The second-order valence-corrected chi connectivity index (χ2v) is 7.86. The van der Waals surface area contributed by atoms with Crippen molar-refractivity contribution in [3.63, 3.8) is 0 Å². The Kier molecular flexibility index (Phi) is 12.2. The number of unbranched alkanes of at least 4 members (excludes halogenated alkanes) is 3. The van der Waals surface area contributed by atoms with Crippen LogP contribution in [-0.2, 0) is 4.84 Å². The SMILES string of the molecule is N#CNC(=NCCCCCCSNOCC1CCCCC1)Nc1cccnc1. The Morgan fingerprint density at radius 1 is 1.25 bits per heavy atom. The lowest BCUT2D eigenvalue weighted by molar-refractivity contribution is 0.0577. The van der Waals surface area contributed by atoms with E-state index in [0.29, 0.717) is 12.5 Å². The van der Waals surface area contributed by atoms with Gasteiger partial charge in [-0.25, -0.2) is 0 Å². The van der Waals surface area contributed by atoms with Crippen LogP contribution in [0.1, 0.15) is 57.8 Å². The van der Waals surface area contributed by atoms with E-state index in [-0.39, 0.29) is 0 Å². The van der Waals surface area contributed by atoms with E-state index in [9.17, 15) is 0 Å². The van der Waals surface area contributed by atoms with Crippen molar-refractivity contribution in [2.75, 3.05) is 24.2 Å². The first-order chi connectivity index (χ1) is 13.9. The summed E-state index contributed by atoms with van der Waals surface area (Å²) >= 11 is 1.66. The molecule has 0 amide bonds. The molecule has 0 aliphatic heterocycles. The van der Waals surface area contributed by atoms with E-state index < -0.39 is 0 Å². The predicted molar refractivity (Wildman–Crippen MR) is 115 cm³/mol. The normalized spacial score (nSPS) is 15.2. The number of rotatable bonds is 12. The monoisotopic (exact) mass is 404 g/mol. The number of nitrogens with zero attached hydrogens (tertiary/aromatic N) is 3. The van der Waals surface area contributed by atoms with Crippen LogP contribution in [0.5, 0.6) is 0 Å². The molecule has 28 heavy (non-hydrogen) atoms. The van der Waals surface area contributed by atoms with E-state index in [1.54, 1.807) is 24.3 Å². The molecule has 0 unspecified atom stereocenters. The summed E-state index contributed by atoms with van der Waals surface area (Å²) in [6.07, 6.45) is 16.5. The summed E-state index contributed by atoms with van der Waals surface area (Å²) in [7, 11) is 0.